The van der Waals surface area contributed by atoms with Crippen LogP contribution >= 0.6 is 0 Å². The van der Waals surface area contributed by atoms with Gasteiger partial charge in [0.15, 0.2) is 0 Å². The number of likely N-dealkylation sites (tertiary alicyclic amines) is 1. The number of hydrogen-bond acceptors (Lipinski definition) is 5. The number of nitrogens with two attached hydrogens (primary N) is 2. The summed E-state index contributed by atoms with van der Waals surface area (Å²) in [4.78, 5) is 28.4. The highest BCUT2D eigenvalue weighted by molar-refractivity contribution is 5.91. The van der Waals surface area contributed by atoms with E-state index in [4.69, 9.17) is 11.5 Å². The van der Waals surface area contributed by atoms with Crippen molar-refractivity contribution in [2.45, 2.75) is 12.8 Å². The maximum absolute atomic E-state index is 12.0. The second kappa shape index (κ2) is 4.40. The standard InChI is InChI=1S/C9H14N6O2/c10-6(16)5-2-1-3-15(4-5)8(17)7-12-9(11)14-13-7/h5H,1-4H2,(H2,10,16)(H3,11,12,13,14). The molecule has 5 N–H and O–H groups in total. The van der Waals surface area contributed by atoms with E-state index in [9.17, 15) is 9.59 Å². The van der Waals surface area contributed by atoms with Crippen molar-refractivity contribution < 1.29 is 9.59 Å². The number of primary amides is 1. The number of amides is 2. The third kappa shape index (κ3) is 2.35. The number of nitrogen functional groups attached to an aromatic ring is 1. The van der Waals surface area contributed by atoms with Gasteiger partial charge < -0.3 is 16.4 Å². The van der Waals surface area contributed by atoms with Crippen molar-refractivity contribution in [1.29, 1.82) is 0 Å². The third-order valence-corrected chi connectivity index (χ3v) is 2.82. The predicted molar refractivity (Wildman–Crippen MR) is 58.6 cm³/mol. The molecule has 2 heterocycles. The molecule has 1 unspecified atom stereocenters. The number of anilines is 1. The molecule has 0 bridgehead atoms. The summed E-state index contributed by atoms with van der Waals surface area (Å²) >= 11 is 0. The maximum atomic E-state index is 12.0. The number of aromatic nitrogens is 3. The smallest absolute Gasteiger partial charge is 0.291 e. The Balaban J connectivity index is 2.07. The molecule has 2 amide bonds. The first-order chi connectivity index (χ1) is 8.08. The quantitative estimate of drug-likeness (QED) is 0.590. The number of piperidine rings is 1. The van der Waals surface area contributed by atoms with Crippen LogP contribution in [0, 0.1) is 5.92 Å². The van der Waals surface area contributed by atoms with Gasteiger partial charge in [0.05, 0.1) is 5.92 Å². The number of H-pyrrole nitrogens is 1. The lowest BCUT2D eigenvalue weighted by molar-refractivity contribution is -0.123. The van der Waals surface area contributed by atoms with Crippen LogP contribution in [0.5, 0.6) is 0 Å². The molecule has 0 spiro atoms. The van der Waals surface area contributed by atoms with E-state index in [1.807, 2.05) is 0 Å². The fourth-order valence-corrected chi connectivity index (χ4v) is 1.91. The Morgan fingerprint density at radius 1 is 1.47 bits per heavy atom. The summed E-state index contributed by atoms with van der Waals surface area (Å²) in [5, 5.41) is 6.04. The number of aromatic amines is 1. The van der Waals surface area contributed by atoms with Crippen molar-refractivity contribution in [1.82, 2.24) is 20.1 Å². The van der Waals surface area contributed by atoms with Crippen molar-refractivity contribution in [3.05, 3.63) is 5.82 Å². The lowest BCUT2D eigenvalue weighted by Gasteiger charge is -2.30. The lowest BCUT2D eigenvalue weighted by Crippen LogP contribution is -2.44. The molecular formula is C9H14N6O2. The summed E-state index contributed by atoms with van der Waals surface area (Å²) in [5.41, 5.74) is 10.6. The van der Waals surface area contributed by atoms with E-state index in [-0.39, 0.29) is 29.5 Å². The molecule has 1 aliphatic rings. The second-order valence-corrected chi connectivity index (χ2v) is 4.03. The first-order valence-corrected chi connectivity index (χ1v) is 5.34. The number of nitrogens with zero attached hydrogens (tertiary/aromatic N) is 3. The van der Waals surface area contributed by atoms with Crippen LogP contribution in [0.1, 0.15) is 23.5 Å². The van der Waals surface area contributed by atoms with E-state index in [0.717, 1.165) is 12.8 Å². The van der Waals surface area contributed by atoms with E-state index in [2.05, 4.69) is 15.2 Å². The average molecular weight is 238 g/mol. The van der Waals surface area contributed by atoms with E-state index in [0.29, 0.717) is 13.1 Å². The van der Waals surface area contributed by atoms with Gasteiger partial charge in [-0.15, -0.1) is 5.10 Å². The Labute approximate surface area is 97.4 Å². The van der Waals surface area contributed by atoms with Crippen LogP contribution in [0.15, 0.2) is 0 Å². The molecular weight excluding hydrogens is 224 g/mol. The Hall–Kier alpha value is -2.12. The summed E-state index contributed by atoms with van der Waals surface area (Å²) in [6.07, 6.45) is 1.47. The van der Waals surface area contributed by atoms with E-state index < -0.39 is 0 Å². The van der Waals surface area contributed by atoms with Gasteiger partial charge in [-0.25, -0.2) is 0 Å². The normalized spacial score (nSPS) is 20.2. The molecule has 1 aromatic heterocycles. The zero-order valence-electron chi connectivity index (χ0n) is 9.22. The van der Waals surface area contributed by atoms with Crippen molar-refractivity contribution >= 4 is 17.8 Å². The molecule has 0 aliphatic carbocycles. The molecule has 1 saturated heterocycles. The Kier molecular flexibility index (Phi) is 2.94. The van der Waals surface area contributed by atoms with E-state index >= 15 is 0 Å². The molecule has 1 aromatic rings. The highest BCUT2D eigenvalue weighted by Gasteiger charge is 2.28. The summed E-state index contributed by atoms with van der Waals surface area (Å²) in [5.74, 6) is -0.850. The monoisotopic (exact) mass is 238 g/mol. The van der Waals surface area contributed by atoms with E-state index in [1.54, 1.807) is 4.90 Å². The molecule has 0 saturated carbocycles. The van der Waals surface area contributed by atoms with Gasteiger partial charge in [0.2, 0.25) is 17.7 Å². The van der Waals surface area contributed by atoms with Gasteiger partial charge in [0, 0.05) is 13.1 Å². The van der Waals surface area contributed by atoms with Crippen molar-refractivity contribution in [3.63, 3.8) is 0 Å². The highest BCUT2D eigenvalue weighted by Crippen LogP contribution is 2.17. The van der Waals surface area contributed by atoms with Gasteiger partial charge in [0.1, 0.15) is 0 Å². The maximum Gasteiger partial charge on any atom is 0.291 e. The summed E-state index contributed by atoms with van der Waals surface area (Å²) < 4.78 is 0. The third-order valence-electron chi connectivity index (χ3n) is 2.82. The Morgan fingerprint density at radius 3 is 2.82 bits per heavy atom. The van der Waals surface area contributed by atoms with Gasteiger partial charge in [-0.2, -0.15) is 4.98 Å². The van der Waals surface area contributed by atoms with Gasteiger partial charge >= 0.3 is 0 Å². The molecule has 8 heteroatoms. The number of nitrogens with one attached hydrogen (secondary N) is 1. The van der Waals surface area contributed by atoms with Gasteiger partial charge in [-0.3, -0.25) is 14.7 Å². The van der Waals surface area contributed by atoms with Crippen molar-refractivity contribution in [3.8, 4) is 0 Å². The minimum absolute atomic E-state index is 0.0248. The van der Waals surface area contributed by atoms with Gasteiger partial charge in [-0.05, 0) is 12.8 Å². The van der Waals surface area contributed by atoms with Crippen LogP contribution in [0.3, 0.4) is 0 Å². The number of carbonyl (C=O) groups excluding carboxylic acids is 2. The van der Waals surface area contributed by atoms with Gasteiger partial charge in [0.25, 0.3) is 5.91 Å². The SMILES string of the molecule is NC(=O)C1CCCN(C(=O)c2nc(N)n[nH]2)C1. The second-order valence-electron chi connectivity index (χ2n) is 4.03. The summed E-state index contributed by atoms with van der Waals surface area (Å²) in [7, 11) is 0. The van der Waals surface area contributed by atoms with Crippen molar-refractivity contribution in [2.24, 2.45) is 11.7 Å². The zero-order valence-corrected chi connectivity index (χ0v) is 9.22. The largest absolute Gasteiger partial charge is 0.369 e. The van der Waals surface area contributed by atoms with Gasteiger partial charge in [-0.1, -0.05) is 0 Å². The Morgan fingerprint density at radius 2 is 2.24 bits per heavy atom. The van der Waals surface area contributed by atoms with Crippen LogP contribution < -0.4 is 11.5 Å². The highest BCUT2D eigenvalue weighted by atomic mass is 16.2. The minimum atomic E-state index is -0.375. The zero-order chi connectivity index (χ0) is 12.4. The lowest BCUT2D eigenvalue weighted by atomic mass is 9.97. The fourth-order valence-electron chi connectivity index (χ4n) is 1.91. The van der Waals surface area contributed by atoms with Crippen LogP contribution in [-0.2, 0) is 4.79 Å². The number of hydrogen-bond donors (Lipinski definition) is 3. The molecule has 0 radical (unpaired) electrons. The van der Waals surface area contributed by atoms with Crippen molar-refractivity contribution in [2.75, 3.05) is 18.8 Å². The topological polar surface area (TPSA) is 131 Å². The number of carbonyl (C=O) groups is 2. The molecule has 92 valence electrons. The summed E-state index contributed by atoms with van der Waals surface area (Å²) in [6, 6.07) is 0. The average Bonchev–Trinajstić information content (AvgIpc) is 2.75. The first-order valence-electron chi connectivity index (χ1n) is 5.34. The molecule has 1 atom stereocenters. The molecule has 1 aliphatic heterocycles. The molecule has 8 nitrogen and oxygen atoms in total. The molecule has 17 heavy (non-hydrogen) atoms. The predicted octanol–water partition coefficient (Wildman–Crippen LogP) is -1.28. The Bertz CT molecular complexity index is 442. The fraction of sp³-hybridized carbons (Fsp3) is 0.556. The molecule has 1 fully saturated rings. The van der Waals surface area contributed by atoms with Crippen LogP contribution in [0.25, 0.3) is 0 Å². The molecule has 0 aromatic carbocycles. The van der Waals surface area contributed by atoms with Crippen LogP contribution in [0.2, 0.25) is 0 Å². The summed E-state index contributed by atoms with van der Waals surface area (Å²) in [6.45, 7) is 0.915. The number of rotatable bonds is 2. The van der Waals surface area contributed by atoms with Crippen LogP contribution in [0.4, 0.5) is 5.95 Å². The minimum Gasteiger partial charge on any atom is -0.369 e. The molecule has 2 rings (SSSR count). The van der Waals surface area contributed by atoms with Crippen LogP contribution in [-0.4, -0.2) is 45.0 Å². The van der Waals surface area contributed by atoms with E-state index in [1.165, 1.54) is 0 Å². The first kappa shape index (κ1) is 11.4.